The Balaban J connectivity index is 1.45. The van der Waals surface area contributed by atoms with Gasteiger partial charge in [-0.3, -0.25) is 0 Å². The molecule has 4 aromatic rings. The Morgan fingerprint density at radius 3 is 2.22 bits per heavy atom. The van der Waals surface area contributed by atoms with E-state index < -0.39 is 22.8 Å². The molecule has 0 bridgehead atoms. The molecule has 2 N–H and O–H groups in total. The fourth-order valence-corrected chi connectivity index (χ4v) is 4.25. The van der Waals surface area contributed by atoms with E-state index >= 15 is 0 Å². The van der Waals surface area contributed by atoms with Crippen LogP contribution in [0.1, 0.15) is 25.8 Å². The summed E-state index contributed by atoms with van der Waals surface area (Å²) in [6.07, 6.45) is -2.59. The van der Waals surface area contributed by atoms with Gasteiger partial charge in [-0.25, -0.2) is 14.8 Å². The number of ether oxygens (including phenoxy) is 5. The number of alkyl halides is 3. The molecular weight excluding hydrogens is 617 g/mol. The molecule has 0 aliphatic carbocycles. The smallest absolute Gasteiger partial charge is 0.417 e. The van der Waals surface area contributed by atoms with Crippen LogP contribution < -0.4 is 24.8 Å². The van der Waals surface area contributed by atoms with Crippen molar-refractivity contribution in [2.75, 3.05) is 50.3 Å². The zero-order valence-electron chi connectivity index (χ0n) is 24.6. The maximum Gasteiger partial charge on any atom is 0.417 e. The van der Waals surface area contributed by atoms with Crippen LogP contribution in [0.25, 0.3) is 10.9 Å². The van der Waals surface area contributed by atoms with Crippen LogP contribution >= 0.6 is 11.6 Å². The number of nitrogens with one attached hydrogen (secondary N) is 2. The van der Waals surface area contributed by atoms with Gasteiger partial charge < -0.3 is 34.3 Å². The number of nitrogens with zero attached hydrogens (tertiary/aromatic N) is 2. The largest absolute Gasteiger partial charge is 0.490 e. The molecule has 0 fully saturated rings. The lowest BCUT2D eigenvalue weighted by atomic mass is 10.2. The van der Waals surface area contributed by atoms with Gasteiger partial charge in [0.25, 0.3) is 0 Å². The zero-order chi connectivity index (χ0) is 32.2. The highest BCUT2D eigenvalue weighted by Gasteiger charge is 2.33. The van der Waals surface area contributed by atoms with Crippen LogP contribution in [-0.4, -0.2) is 55.6 Å². The van der Waals surface area contributed by atoms with Crippen molar-refractivity contribution in [3.8, 4) is 23.1 Å². The Hall–Kier alpha value is -4.33. The lowest BCUT2D eigenvalue weighted by Crippen LogP contribution is -2.19. The molecule has 45 heavy (non-hydrogen) atoms. The van der Waals surface area contributed by atoms with Gasteiger partial charge in [0.05, 0.1) is 34.7 Å². The molecule has 3 aromatic carbocycles. The van der Waals surface area contributed by atoms with Crippen LogP contribution in [-0.2, 0) is 15.7 Å². The van der Waals surface area contributed by atoms with Gasteiger partial charge in [-0.05, 0) is 62.4 Å². The lowest BCUT2D eigenvalue weighted by Gasteiger charge is -2.15. The number of benzene rings is 3. The second-order valence-corrected chi connectivity index (χ2v) is 9.74. The van der Waals surface area contributed by atoms with Crippen molar-refractivity contribution in [2.45, 2.75) is 26.4 Å². The zero-order valence-corrected chi connectivity index (χ0v) is 25.3. The van der Waals surface area contributed by atoms with Gasteiger partial charge in [0.15, 0.2) is 11.5 Å². The van der Waals surface area contributed by atoms with Crippen molar-refractivity contribution in [1.82, 2.24) is 9.97 Å². The van der Waals surface area contributed by atoms with Crippen molar-refractivity contribution in [2.24, 2.45) is 0 Å². The summed E-state index contributed by atoms with van der Waals surface area (Å²) in [7, 11) is 0. The summed E-state index contributed by atoms with van der Waals surface area (Å²) in [5, 5.41) is 5.04. The SMILES string of the molecule is CCOCCCOc1cc2ncnc(Oc3ccc(NC(=O)Nc4ccc(Cl)c(C(F)(F)F)c4)cc3)c2cc1OCCOCC. The van der Waals surface area contributed by atoms with Crippen molar-refractivity contribution in [1.29, 1.82) is 0 Å². The topological polar surface area (TPSA) is 113 Å². The molecule has 0 spiro atoms. The Kier molecular flexibility index (Phi) is 12.0. The molecule has 0 radical (unpaired) electrons. The first-order chi connectivity index (χ1) is 21.7. The number of hydrogen-bond donors (Lipinski definition) is 2. The number of amides is 2. The van der Waals surface area contributed by atoms with Gasteiger partial charge in [-0.2, -0.15) is 13.2 Å². The number of rotatable bonds is 15. The van der Waals surface area contributed by atoms with Gasteiger partial charge >= 0.3 is 12.2 Å². The van der Waals surface area contributed by atoms with Crippen molar-refractivity contribution >= 4 is 39.9 Å². The van der Waals surface area contributed by atoms with E-state index in [9.17, 15) is 18.0 Å². The Bertz CT molecular complexity index is 1570. The van der Waals surface area contributed by atoms with Crippen LogP contribution in [0.5, 0.6) is 23.1 Å². The summed E-state index contributed by atoms with van der Waals surface area (Å²) in [6, 6.07) is 12.2. The number of urea groups is 1. The Morgan fingerprint density at radius 2 is 1.49 bits per heavy atom. The molecule has 240 valence electrons. The molecule has 4 rings (SSSR count). The summed E-state index contributed by atoms with van der Waals surface area (Å²) in [4.78, 5) is 21.1. The van der Waals surface area contributed by atoms with Crippen molar-refractivity contribution in [3.05, 3.63) is 71.5 Å². The maximum atomic E-state index is 13.1. The number of halogens is 4. The van der Waals surface area contributed by atoms with E-state index in [1.807, 2.05) is 13.8 Å². The van der Waals surface area contributed by atoms with E-state index in [-0.39, 0.29) is 11.6 Å². The van der Waals surface area contributed by atoms with Crippen LogP contribution in [0, 0.1) is 0 Å². The summed E-state index contributed by atoms with van der Waals surface area (Å²) in [5.74, 6) is 1.66. The Labute approximate surface area is 262 Å². The molecule has 1 heterocycles. The summed E-state index contributed by atoms with van der Waals surface area (Å²) >= 11 is 5.64. The molecule has 14 heteroatoms. The average molecular weight is 649 g/mol. The van der Waals surface area contributed by atoms with Gasteiger partial charge in [0, 0.05) is 43.7 Å². The molecule has 1 aromatic heterocycles. The molecule has 0 unspecified atom stereocenters. The van der Waals surface area contributed by atoms with Gasteiger partial charge in [0.1, 0.15) is 18.7 Å². The van der Waals surface area contributed by atoms with E-state index in [4.69, 9.17) is 35.3 Å². The fraction of sp³-hybridized carbons (Fsp3) is 0.323. The first-order valence-corrected chi connectivity index (χ1v) is 14.5. The molecule has 2 amide bonds. The molecule has 0 saturated carbocycles. The molecule has 10 nitrogen and oxygen atoms in total. The van der Waals surface area contributed by atoms with Crippen LogP contribution in [0.15, 0.2) is 60.9 Å². The first-order valence-electron chi connectivity index (χ1n) is 14.1. The normalized spacial score (nSPS) is 11.3. The van der Waals surface area contributed by atoms with E-state index in [2.05, 4.69) is 20.6 Å². The van der Waals surface area contributed by atoms with E-state index in [0.29, 0.717) is 79.9 Å². The maximum absolute atomic E-state index is 13.1. The van der Waals surface area contributed by atoms with Gasteiger partial charge in [0.2, 0.25) is 5.88 Å². The van der Waals surface area contributed by atoms with Crippen LogP contribution in [0.3, 0.4) is 0 Å². The third-order valence-electron chi connectivity index (χ3n) is 6.10. The number of anilines is 2. The third kappa shape index (κ3) is 9.83. The lowest BCUT2D eigenvalue weighted by molar-refractivity contribution is -0.137. The third-order valence-corrected chi connectivity index (χ3v) is 6.43. The average Bonchev–Trinajstić information content (AvgIpc) is 3.01. The van der Waals surface area contributed by atoms with Crippen molar-refractivity contribution in [3.63, 3.8) is 0 Å². The summed E-state index contributed by atoms with van der Waals surface area (Å²) in [5.41, 5.74) is -0.178. The predicted octanol–water partition coefficient (Wildman–Crippen LogP) is 7.96. The molecule has 0 atom stereocenters. The van der Waals surface area contributed by atoms with Crippen LogP contribution in [0.2, 0.25) is 5.02 Å². The number of hydrogen-bond acceptors (Lipinski definition) is 8. The number of aromatic nitrogens is 2. The molecule has 0 aliphatic rings. The minimum atomic E-state index is -4.66. The number of carbonyl (C=O) groups excluding carboxylic acids is 1. The molecule has 0 aliphatic heterocycles. The second-order valence-electron chi connectivity index (χ2n) is 9.34. The number of carbonyl (C=O) groups is 1. The summed E-state index contributed by atoms with van der Waals surface area (Å²) < 4.78 is 68.1. The second kappa shape index (κ2) is 16.1. The number of fused-ring (bicyclic) bond motifs is 1. The monoisotopic (exact) mass is 648 g/mol. The molecular formula is C31H32ClF3N4O6. The van der Waals surface area contributed by atoms with E-state index in [1.54, 1.807) is 36.4 Å². The van der Waals surface area contributed by atoms with Crippen molar-refractivity contribution < 1.29 is 41.7 Å². The fourth-order valence-electron chi connectivity index (χ4n) is 4.02. The highest BCUT2D eigenvalue weighted by molar-refractivity contribution is 6.31. The standard InChI is InChI=1S/C31H32ClF3N4O6/c1-3-41-12-5-13-43-28-18-26-23(17-27(28)44-15-14-42-4-2)29(37-19-36-26)45-22-9-6-20(7-10-22)38-30(40)39-21-8-11-25(32)24(16-21)31(33,34)35/h6-11,16-19H,3-5,12-15H2,1-2H3,(H2,38,39,40). The minimum absolute atomic E-state index is 0.0693. The Morgan fingerprint density at radius 1 is 0.822 bits per heavy atom. The summed E-state index contributed by atoms with van der Waals surface area (Å²) in [6.45, 7) is 6.75. The van der Waals surface area contributed by atoms with Gasteiger partial charge in [-0.15, -0.1) is 0 Å². The van der Waals surface area contributed by atoms with Gasteiger partial charge in [-0.1, -0.05) is 11.6 Å². The first kappa shape index (κ1) is 33.6. The highest BCUT2D eigenvalue weighted by atomic mass is 35.5. The quantitative estimate of drug-likeness (QED) is 0.125. The predicted molar refractivity (Wildman–Crippen MR) is 164 cm³/mol. The molecule has 0 saturated heterocycles. The highest BCUT2D eigenvalue weighted by Crippen LogP contribution is 2.37. The van der Waals surface area contributed by atoms with E-state index in [0.717, 1.165) is 12.1 Å². The minimum Gasteiger partial charge on any atom is -0.490 e. The van der Waals surface area contributed by atoms with E-state index in [1.165, 1.54) is 12.4 Å². The van der Waals surface area contributed by atoms with Crippen LogP contribution in [0.4, 0.5) is 29.3 Å².